The van der Waals surface area contributed by atoms with E-state index in [1.54, 1.807) is 0 Å². The molecule has 3 heteroatoms. The Morgan fingerprint density at radius 1 is 1.07 bits per heavy atom. The van der Waals surface area contributed by atoms with Crippen molar-refractivity contribution in [1.82, 2.24) is 5.32 Å². The first-order valence-electron chi connectivity index (χ1n) is 5.74. The summed E-state index contributed by atoms with van der Waals surface area (Å²) >= 11 is 0. The van der Waals surface area contributed by atoms with Gasteiger partial charge in [0.15, 0.2) is 0 Å². The topological polar surface area (TPSA) is 49.3 Å². The summed E-state index contributed by atoms with van der Waals surface area (Å²) in [6, 6.07) is 0.325. The summed E-state index contributed by atoms with van der Waals surface area (Å²) in [4.78, 5) is 11.6. The minimum absolute atomic E-state index is 0.133. The van der Waals surface area contributed by atoms with Gasteiger partial charge in [0.05, 0.1) is 6.10 Å². The number of carbonyl (C=O) groups excluding carboxylic acids is 1. The molecule has 2 aliphatic carbocycles. The molecule has 14 heavy (non-hydrogen) atoms. The molecule has 3 nitrogen and oxygen atoms in total. The molecule has 2 N–H and O–H groups in total. The minimum Gasteiger partial charge on any atom is -0.393 e. The van der Waals surface area contributed by atoms with E-state index in [2.05, 4.69) is 5.32 Å². The van der Waals surface area contributed by atoms with Gasteiger partial charge >= 0.3 is 0 Å². The van der Waals surface area contributed by atoms with Crippen molar-refractivity contribution in [3.8, 4) is 0 Å². The summed E-state index contributed by atoms with van der Waals surface area (Å²) in [5.74, 6) is 0.541. The highest BCUT2D eigenvalue weighted by Crippen LogP contribution is 2.27. The van der Waals surface area contributed by atoms with Gasteiger partial charge in [0.25, 0.3) is 0 Å². The third-order valence-electron chi connectivity index (χ3n) is 3.52. The zero-order valence-corrected chi connectivity index (χ0v) is 8.54. The van der Waals surface area contributed by atoms with Gasteiger partial charge in [-0.3, -0.25) is 4.79 Å². The Labute approximate surface area is 84.9 Å². The normalized spacial score (nSPS) is 33.5. The molecule has 0 aromatic carbocycles. The molecule has 80 valence electrons. The van der Waals surface area contributed by atoms with Crippen LogP contribution in [0, 0.1) is 5.92 Å². The Bertz CT molecular complexity index is 205. The molecule has 1 amide bonds. The second kappa shape index (κ2) is 4.30. The third-order valence-corrected chi connectivity index (χ3v) is 3.52. The van der Waals surface area contributed by atoms with Gasteiger partial charge in [-0.05, 0) is 38.5 Å². The molecule has 2 saturated carbocycles. The molecule has 0 aromatic rings. The number of aliphatic hydroxyl groups excluding tert-OH is 1. The van der Waals surface area contributed by atoms with Gasteiger partial charge in [0, 0.05) is 12.0 Å². The predicted octanol–water partition coefficient (Wildman–Crippen LogP) is 1.21. The Balaban J connectivity index is 1.71. The lowest BCUT2D eigenvalue weighted by Crippen LogP contribution is -2.43. The van der Waals surface area contributed by atoms with E-state index in [1.807, 2.05) is 0 Å². The van der Waals surface area contributed by atoms with Gasteiger partial charge in [-0.15, -0.1) is 0 Å². The SMILES string of the molecule is O=C(NC1CCC(O)CC1)C1CCC1. The Morgan fingerprint density at radius 3 is 2.21 bits per heavy atom. The molecule has 2 rings (SSSR count). The molecule has 0 aromatic heterocycles. The van der Waals surface area contributed by atoms with E-state index in [4.69, 9.17) is 0 Å². The van der Waals surface area contributed by atoms with Crippen molar-refractivity contribution in [2.24, 2.45) is 5.92 Å². The van der Waals surface area contributed by atoms with Crippen LogP contribution >= 0.6 is 0 Å². The lowest BCUT2D eigenvalue weighted by atomic mass is 9.84. The maximum atomic E-state index is 11.6. The molecular formula is C11H19NO2. The summed E-state index contributed by atoms with van der Waals surface area (Å²) in [6.45, 7) is 0. The van der Waals surface area contributed by atoms with Crippen LogP contribution in [0.5, 0.6) is 0 Å². The van der Waals surface area contributed by atoms with E-state index in [1.165, 1.54) is 6.42 Å². The zero-order chi connectivity index (χ0) is 9.97. The maximum absolute atomic E-state index is 11.6. The standard InChI is InChI=1S/C11H19NO2/c13-10-6-4-9(5-7-10)12-11(14)8-2-1-3-8/h8-10,13H,1-7H2,(H,12,14). The Morgan fingerprint density at radius 2 is 1.71 bits per heavy atom. The van der Waals surface area contributed by atoms with Crippen LogP contribution in [0.4, 0.5) is 0 Å². The molecule has 0 atom stereocenters. The lowest BCUT2D eigenvalue weighted by Gasteiger charge is -2.30. The highest BCUT2D eigenvalue weighted by molar-refractivity contribution is 5.79. The van der Waals surface area contributed by atoms with Crippen molar-refractivity contribution in [3.63, 3.8) is 0 Å². The number of rotatable bonds is 2. The smallest absolute Gasteiger partial charge is 0.223 e. The Kier molecular flexibility index (Phi) is 3.06. The number of amides is 1. The van der Waals surface area contributed by atoms with E-state index in [0.717, 1.165) is 38.5 Å². The zero-order valence-electron chi connectivity index (χ0n) is 8.54. The van der Waals surface area contributed by atoms with Crippen molar-refractivity contribution in [3.05, 3.63) is 0 Å². The van der Waals surface area contributed by atoms with Crippen LogP contribution in [0.3, 0.4) is 0 Å². The molecular weight excluding hydrogens is 178 g/mol. The number of aliphatic hydroxyl groups is 1. The number of hydrogen-bond donors (Lipinski definition) is 2. The molecule has 0 bridgehead atoms. The predicted molar refractivity (Wildman–Crippen MR) is 53.7 cm³/mol. The van der Waals surface area contributed by atoms with Crippen LogP contribution in [0.1, 0.15) is 44.9 Å². The fourth-order valence-electron chi connectivity index (χ4n) is 2.21. The van der Waals surface area contributed by atoms with Crippen LogP contribution in [0.15, 0.2) is 0 Å². The molecule has 0 heterocycles. The van der Waals surface area contributed by atoms with Crippen molar-refractivity contribution in [2.75, 3.05) is 0 Å². The van der Waals surface area contributed by atoms with Crippen molar-refractivity contribution in [1.29, 1.82) is 0 Å². The van der Waals surface area contributed by atoms with Gasteiger partial charge in [-0.2, -0.15) is 0 Å². The van der Waals surface area contributed by atoms with Crippen LogP contribution in [-0.2, 0) is 4.79 Å². The summed E-state index contributed by atoms with van der Waals surface area (Å²) < 4.78 is 0. The Hall–Kier alpha value is -0.570. The van der Waals surface area contributed by atoms with E-state index in [0.29, 0.717) is 12.0 Å². The van der Waals surface area contributed by atoms with Gasteiger partial charge in [-0.1, -0.05) is 6.42 Å². The molecule has 0 aliphatic heterocycles. The average Bonchev–Trinajstić information content (AvgIpc) is 2.06. The number of carbonyl (C=O) groups is 1. The maximum Gasteiger partial charge on any atom is 0.223 e. The minimum atomic E-state index is -0.133. The second-order valence-corrected chi connectivity index (χ2v) is 4.64. The molecule has 2 fully saturated rings. The van der Waals surface area contributed by atoms with E-state index >= 15 is 0 Å². The van der Waals surface area contributed by atoms with Crippen molar-refractivity contribution in [2.45, 2.75) is 57.1 Å². The van der Waals surface area contributed by atoms with Crippen LogP contribution < -0.4 is 5.32 Å². The fourth-order valence-corrected chi connectivity index (χ4v) is 2.21. The third kappa shape index (κ3) is 2.27. The quantitative estimate of drug-likeness (QED) is 0.699. The molecule has 0 saturated heterocycles. The lowest BCUT2D eigenvalue weighted by molar-refractivity contribution is -0.128. The number of nitrogens with one attached hydrogen (secondary N) is 1. The van der Waals surface area contributed by atoms with Crippen LogP contribution in [0.2, 0.25) is 0 Å². The molecule has 2 aliphatic rings. The van der Waals surface area contributed by atoms with Crippen molar-refractivity contribution >= 4 is 5.91 Å². The first kappa shape index (κ1) is 9.97. The molecule has 0 unspecified atom stereocenters. The summed E-state index contributed by atoms with van der Waals surface area (Å²) in [5.41, 5.74) is 0. The van der Waals surface area contributed by atoms with Gasteiger partial charge < -0.3 is 10.4 Å². The van der Waals surface area contributed by atoms with E-state index in [-0.39, 0.29) is 12.0 Å². The molecule has 0 spiro atoms. The van der Waals surface area contributed by atoms with E-state index in [9.17, 15) is 9.90 Å². The van der Waals surface area contributed by atoms with Gasteiger partial charge in [0.2, 0.25) is 5.91 Å². The second-order valence-electron chi connectivity index (χ2n) is 4.64. The van der Waals surface area contributed by atoms with Gasteiger partial charge in [0.1, 0.15) is 0 Å². The van der Waals surface area contributed by atoms with Crippen LogP contribution in [0.25, 0.3) is 0 Å². The first-order valence-corrected chi connectivity index (χ1v) is 5.74. The highest BCUT2D eigenvalue weighted by Gasteiger charge is 2.28. The summed E-state index contributed by atoms with van der Waals surface area (Å²) in [5, 5.41) is 12.4. The van der Waals surface area contributed by atoms with E-state index < -0.39 is 0 Å². The fraction of sp³-hybridized carbons (Fsp3) is 0.909. The average molecular weight is 197 g/mol. The summed E-state index contributed by atoms with van der Waals surface area (Å²) in [6.07, 6.45) is 6.79. The van der Waals surface area contributed by atoms with Crippen molar-refractivity contribution < 1.29 is 9.90 Å². The van der Waals surface area contributed by atoms with Crippen LogP contribution in [-0.4, -0.2) is 23.2 Å². The monoisotopic (exact) mass is 197 g/mol. The largest absolute Gasteiger partial charge is 0.393 e. The summed E-state index contributed by atoms with van der Waals surface area (Å²) in [7, 11) is 0. The first-order chi connectivity index (χ1) is 6.75. The highest BCUT2D eigenvalue weighted by atomic mass is 16.3. The molecule has 0 radical (unpaired) electrons. The number of hydrogen-bond acceptors (Lipinski definition) is 2. The van der Waals surface area contributed by atoms with Gasteiger partial charge in [-0.25, -0.2) is 0 Å².